The summed E-state index contributed by atoms with van der Waals surface area (Å²) in [6.07, 6.45) is 0.776. The second kappa shape index (κ2) is 7.98. The van der Waals surface area contributed by atoms with Crippen LogP contribution in [0.5, 0.6) is 0 Å². The Hall–Kier alpha value is -3.93. The first-order chi connectivity index (χ1) is 14.1. The molecule has 0 fully saturated rings. The molecule has 0 aliphatic rings. The molecule has 0 spiro atoms. The van der Waals surface area contributed by atoms with Gasteiger partial charge >= 0.3 is 0 Å². The molecule has 0 unspecified atom stereocenters. The van der Waals surface area contributed by atoms with Gasteiger partial charge in [0.15, 0.2) is 5.82 Å². The fourth-order valence-electron chi connectivity index (χ4n) is 3.19. The van der Waals surface area contributed by atoms with Crippen LogP contribution in [0.25, 0.3) is 11.0 Å². The Kier molecular flexibility index (Phi) is 5.07. The maximum absolute atomic E-state index is 12.5. The van der Waals surface area contributed by atoms with Crippen LogP contribution in [0.1, 0.15) is 27.3 Å². The minimum atomic E-state index is -0.138. The van der Waals surface area contributed by atoms with Crippen LogP contribution >= 0.6 is 0 Å². The molecule has 1 amide bonds. The number of carbonyl (C=O) groups is 1. The van der Waals surface area contributed by atoms with Crippen LogP contribution in [0.3, 0.4) is 0 Å². The number of nitrogens with two attached hydrogens (primary N) is 1. The van der Waals surface area contributed by atoms with Crippen molar-refractivity contribution in [3.8, 4) is 0 Å². The maximum Gasteiger partial charge on any atom is 0.251 e. The first kappa shape index (κ1) is 18.4. The van der Waals surface area contributed by atoms with E-state index in [4.69, 9.17) is 11.1 Å². The Morgan fingerprint density at radius 3 is 2.59 bits per heavy atom. The third kappa shape index (κ3) is 4.01. The zero-order valence-electron chi connectivity index (χ0n) is 15.8. The number of H-pyrrole nitrogens is 1. The summed E-state index contributed by atoms with van der Waals surface area (Å²) in [5.74, 6) is 0.279. The van der Waals surface area contributed by atoms with E-state index in [0.717, 1.165) is 6.42 Å². The summed E-state index contributed by atoms with van der Waals surface area (Å²) in [6.45, 7) is 0.563. The van der Waals surface area contributed by atoms with Gasteiger partial charge in [-0.1, -0.05) is 48.5 Å². The van der Waals surface area contributed by atoms with Crippen LogP contribution in [-0.4, -0.2) is 28.1 Å². The van der Waals surface area contributed by atoms with Crippen LogP contribution in [-0.2, 0) is 6.42 Å². The molecule has 3 aromatic carbocycles. The van der Waals surface area contributed by atoms with E-state index in [2.05, 4.69) is 15.3 Å². The molecule has 6 heteroatoms. The number of fused-ring (bicyclic) bond motifs is 1. The predicted molar refractivity (Wildman–Crippen MR) is 115 cm³/mol. The van der Waals surface area contributed by atoms with Gasteiger partial charge in [-0.2, -0.15) is 0 Å². The van der Waals surface area contributed by atoms with Crippen molar-refractivity contribution in [2.75, 3.05) is 12.3 Å². The number of aromatic amines is 1. The normalized spacial score (nSPS) is 10.8. The molecular formula is C23H21N5O. The standard InChI is InChI=1S/C23H21N5O/c24-18-9-5-4-8-17(18)21(25)22-27-19-11-10-16(14-20(19)28-22)23(29)26-13-12-15-6-2-1-3-7-15/h1-11,14,25H,12-13,24H2,(H,26,29)(H,27,28). The number of rotatable bonds is 6. The Labute approximate surface area is 168 Å². The summed E-state index contributed by atoms with van der Waals surface area (Å²) in [7, 11) is 0. The van der Waals surface area contributed by atoms with Crippen molar-refractivity contribution < 1.29 is 4.79 Å². The molecule has 1 aromatic heterocycles. The molecule has 144 valence electrons. The number of imidazole rings is 1. The number of carbonyl (C=O) groups excluding carboxylic acids is 1. The van der Waals surface area contributed by atoms with E-state index in [-0.39, 0.29) is 11.6 Å². The zero-order chi connectivity index (χ0) is 20.2. The van der Waals surface area contributed by atoms with Gasteiger partial charge < -0.3 is 16.0 Å². The number of hydrogen-bond donors (Lipinski definition) is 4. The first-order valence-corrected chi connectivity index (χ1v) is 9.37. The Bertz CT molecular complexity index is 1180. The van der Waals surface area contributed by atoms with Gasteiger partial charge in [-0.15, -0.1) is 0 Å². The van der Waals surface area contributed by atoms with Gasteiger partial charge in [0.1, 0.15) is 5.71 Å². The maximum atomic E-state index is 12.5. The Morgan fingerprint density at radius 2 is 1.79 bits per heavy atom. The van der Waals surface area contributed by atoms with E-state index in [9.17, 15) is 4.79 Å². The SMILES string of the molecule is N=C(c1nc2ccc(C(=O)NCCc3ccccc3)cc2[nH]1)c1ccccc1N. The Morgan fingerprint density at radius 1 is 1.03 bits per heavy atom. The summed E-state index contributed by atoms with van der Waals surface area (Å²) >= 11 is 0. The number of nitrogens with zero attached hydrogens (tertiary/aromatic N) is 1. The van der Waals surface area contributed by atoms with Crippen molar-refractivity contribution in [2.24, 2.45) is 0 Å². The van der Waals surface area contributed by atoms with Gasteiger partial charge in [-0.3, -0.25) is 10.2 Å². The fraction of sp³-hybridized carbons (Fsp3) is 0.0870. The van der Waals surface area contributed by atoms with Crippen LogP contribution in [0, 0.1) is 5.41 Å². The van der Waals surface area contributed by atoms with Crippen molar-refractivity contribution >= 4 is 28.3 Å². The zero-order valence-corrected chi connectivity index (χ0v) is 15.8. The Balaban J connectivity index is 1.48. The third-order valence-corrected chi connectivity index (χ3v) is 4.75. The summed E-state index contributed by atoms with van der Waals surface area (Å²) in [5, 5.41) is 11.3. The van der Waals surface area contributed by atoms with Crippen LogP contribution in [0.2, 0.25) is 0 Å². The number of benzene rings is 3. The third-order valence-electron chi connectivity index (χ3n) is 4.75. The van der Waals surface area contributed by atoms with Crippen LogP contribution in [0.15, 0.2) is 72.8 Å². The predicted octanol–water partition coefficient (Wildman–Crippen LogP) is 3.53. The highest BCUT2D eigenvalue weighted by Crippen LogP contribution is 2.19. The van der Waals surface area contributed by atoms with E-state index in [1.165, 1.54) is 5.56 Å². The van der Waals surface area contributed by atoms with Gasteiger partial charge in [0.05, 0.1) is 11.0 Å². The van der Waals surface area contributed by atoms with Crippen molar-refractivity contribution in [1.29, 1.82) is 5.41 Å². The summed E-state index contributed by atoms with van der Waals surface area (Å²) in [6, 6.07) is 22.5. The molecular weight excluding hydrogens is 362 g/mol. The van der Waals surface area contributed by atoms with Crippen molar-refractivity contribution in [2.45, 2.75) is 6.42 Å². The van der Waals surface area contributed by atoms with Crippen molar-refractivity contribution in [1.82, 2.24) is 15.3 Å². The highest BCUT2D eigenvalue weighted by molar-refractivity contribution is 6.12. The summed E-state index contributed by atoms with van der Waals surface area (Å²) in [4.78, 5) is 20.1. The van der Waals surface area contributed by atoms with E-state index >= 15 is 0 Å². The first-order valence-electron chi connectivity index (χ1n) is 9.37. The van der Waals surface area contributed by atoms with Crippen molar-refractivity contribution in [3.63, 3.8) is 0 Å². The molecule has 4 rings (SSSR count). The molecule has 0 aliphatic heterocycles. The van der Waals surface area contributed by atoms with Gasteiger partial charge in [-0.05, 0) is 36.2 Å². The number of amides is 1. The molecule has 1 heterocycles. The lowest BCUT2D eigenvalue weighted by Gasteiger charge is -2.05. The topological polar surface area (TPSA) is 108 Å². The number of nitrogen functional groups attached to an aromatic ring is 1. The van der Waals surface area contributed by atoms with Crippen LogP contribution in [0.4, 0.5) is 5.69 Å². The van der Waals surface area contributed by atoms with E-state index < -0.39 is 0 Å². The number of anilines is 1. The molecule has 29 heavy (non-hydrogen) atoms. The number of aromatic nitrogens is 2. The highest BCUT2D eigenvalue weighted by Gasteiger charge is 2.14. The van der Waals surface area contributed by atoms with Gasteiger partial charge in [0.25, 0.3) is 5.91 Å². The molecule has 0 aliphatic carbocycles. The lowest BCUT2D eigenvalue weighted by atomic mass is 10.1. The molecule has 4 aromatic rings. The molecule has 0 saturated heterocycles. The second-order valence-electron chi connectivity index (χ2n) is 6.77. The molecule has 0 saturated carbocycles. The molecule has 6 nitrogen and oxygen atoms in total. The largest absolute Gasteiger partial charge is 0.398 e. The lowest BCUT2D eigenvalue weighted by Crippen LogP contribution is -2.25. The van der Waals surface area contributed by atoms with Gasteiger partial charge in [0.2, 0.25) is 0 Å². The quantitative estimate of drug-likeness (QED) is 0.302. The molecule has 0 bridgehead atoms. The molecule has 5 N–H and O–H groups in total. The fourth-order valence-corrected chi connectivity index (χ4v) is 3.19. The number of para-hydroxylation sites is 1. The second-order valence-corrected chi connectivity index (χ2v) is 6.77. The minimum Gasteiger partial charge on any atom is -0.398 e. The number of hydrogen-bond acceptors (Lipinski definition) is 4. The van der Waals surface area contributed by atoms with Gasteiger partial charge in [0, 0.05) is 23.4 Å². The van der Waals surface area contributed by atoms with Crippen molar-refractivity contribution in [3.05, 3.63) is 95.3 Å². The summed E-state index contributed by atoms with van der Waals surface area (Å²) in [5.41, 5.74) is 10.5. The van der Waals surface area contributed by atoms with E-state index in [1.807, 2.05) is 42.5 Å². The average Bonchev–Trinajstić information content (AvgIpc) is 3.18. The average molecular weight is 383 g/mol. The molecule has 0 radical (unpaired) electrons. The van der Waals surface area contributed by atoms with E-state index in [0.29, 0.717) is 40.2 Å². The summed E-state index contributed by atoms with van der Waals surface area (Å²) < 4.78 is 0. The highest BCUT2D eigenvalue weighted by atomic mass is 16.1. The number of nitrogens with one attached hydrogen (secondary N) is 3. The smallest absolute Gasteiger partial charge is 0.251 e. The lowest BCUT2D eigenvalue weighted by molar-refractivity contribution is 0.0954. The molecule has 0 atom stereocenters. The van der Waals surface area contributed by atoms with Gasteiger partial charge in [-0.25, -0.2) is 4.98 Å². The van der Waals surface area contributed by atoms with E-state index in [1.54, 1.807) is 30.3 Å². The van der Waals surface area contributed by atoms with Crippen LogP contribution < -0.4 is 11.1 Å². The minimum absolute atomic E-state index is 0.138. The monoisotopic (exact) mass is 383 g/mol.